The van der Waals surface area contributed by atoms with Crippen LogP contribution >= 0.6 is 0 Å². The lowest BCUT2D eigenvalue weighted by Crippen LogP contribution is -2.37. The van der Waals surface area contributed by atoms with Gasteiger partial charge in [0.1, 0.15) is 5.76 Å². The van der Waals surface area contributed by atoms with Crippen LogP contribution in [-0.2, 0) is 11.2 Å². The van der Waals surface area contributed by atoms with Crippen LogP contribution < -0.4 is 5.32 Å². The number of carboxylic acid groups (broad SMARTS) is 1. The molecule has 0 saturated heterocycles. The van der Waals surface area contributed by atoms with Crippen molar-refractivity contribution in [1.29, 1.82) is 0 Å². The fourth-order valence-corrected chi connectivity index (χ4v) is 2.45. The average Bonchev–Trinajstić information content (AvgIpc) is 2.82. The normalized spacial score (nSPS) is 24.7. The van der Waals surface area contributed by atoms with Gasteiger partial charge in [-0.25, -0.2) is 0 Å². The molecule has 2 N–H and O–H groups in total. The van der Waals surface area contributed by atoms with Crippen LogP contribution in [0.3, 0.4) is 0 Å². The lowest BCUT2D eigenvalue weighted by Gasteiger charge is -2.27. The predicted molar refractivity (Wildman–Crippen MR) is 63.8 cm³/mol. The highest BCUT2D eigenvalue weighted by Crippen LogP contribution is 2.24. The Morgan fingerprint density at radius 2 is 2.41 bits per heavy atom. The van der Waals surface area contributed by atoms with Crippen LogP contribution in [0.15, 0.2) is 22.8 Å². The number of carbonyl (C=O) groups is 1. The lowest BCUT2D eigenvalue weighted by molar-refractivity contribution is -0.143. The minimum absolute atomic E-state index is 0.162. The quantitative estimate of drug-likeness (QED) is 0.822. The molecule has 0 aliphatic heterocycles. The van der Waals surface area contributed by atoms with E-state index in [0.717, 1.165) is 44.4 Å². The summed E-state index contributed by atoms with van der Waals surface area (Å²) in [6.45, 7) is 0.852. The van der Waals surface area contributed by atoms with Gasteiger partial charge in [0.15, 0.2) is 0 Å². The Kier molecular flexibility index (Phi) is 4.20. The first-order valence-corrected chi connectivity index (χ1v) is 6.24. The number of nitrogens with one attached hydrogen (secondary N) is 1. The molecule has 94 valence electrons. The Hall–Kier alpha value is -1.29. The number of hydrogen-bond acceptors (Lipinski definition) is 3. The van der Waals surface area contributed by atoms with Gasteiger partial charge in [-0.3, -0.25) is 4.79 Å². The third kappa shape index (κ3) is 3.60. The zero-order valence-corrected chi connectivity index (χ0v) is 9.89. The van der Waals surface area contributed by atoms with Crippen molar-refractivity contribution in [2.45, 2.75) is 38.1 Å². The molecule has 1 saturated carbocycles. The molecule has 4 nitrogen and oxygen atoms in total. The first-order valence-electron chi connectivity index (χ1n) is 6.24. The van der Waals surface area contributed by atoms with Crippen LogP contribution in [0.2, 0.25) is 0 Å². The number of hydrogen-bond donors (Lipinski definition) is 2. The van der Waals surface area contributed by atoms with Crippen molar-refractivity contribution in [3.8, 4) is 0 Å². The molecule has 1 aromatic heterocycles. The van der Waals surface area contributed by atoms with Gasteiger partial charge in [-0.05, 0) is 31.4 Å². The molecule has 1 aromatic rings. The molecule has 0 amide bonds. The first-order chi connectivity index (χ1) is 8.25. The van der Waals surface area contributed by atoms with E-state index in [2.05, 4.69) is 5.32 Å². The third-order valence-electron chi connectivity index (χ3n) is 3.41. The van der Waals surface area contributed by atoms with Crippen molar-refractivity contribution in [3.05, 3.63) is 24.2 Å². The van der Waals surface area contributed by atoms with Gasteiger partial charge in [0.25, 0.3) is 0 Å². The molecule has 1 fully saturated rings. The molecular weight excluding hydrogens is 218 g/mol. The van der Waals surface area contributed by atoms with Gasteiger partial charge < -0.3 is 14.8 Å². The van der Waals surface area contributed by atoms with Crippen molar-refractivity contribution >= 4 is 5.97 Å². The smallest absolute Gasteiger partial charge is 0.306 e. The monoisotopic (exact) mass is 237 g/mol. The number of carboxylic acids is 1. The average molecular weight is 237 g/mol. The van der Waals surface area contributed by atoms with Crippen LogP contribution in [-0.4, -0.2) is 23.7 Å². The van der Waals surface area contributed by atoms with Crippen molar-refractivity contribution in [3.63, 3.8) is 0 Å². The van der Waals surface area contributed by atoms with Crippen molar-refractivity contribution in [2.24, 2.45) is 5.92 Å². The molecule has 0 bridgehead atoms. The third-order valence-corrected chi connectivity index (χ3v) is 3.41. The van der Waals surface area contributed by atoms with E-state index >= 15 is 0 Å². The zero-order chi connectivity index (χ0) is 12.1. The van der Waals surface area contributed by atoms with Gasteiger partial charge in [0, 0.05) is 19.0 Å². The standard InChI is InChI=1S/C13H19NO3/c15-13(16)10-3-1-4-11(9-10)14-7-6-12-5-2-8-17-12/h2,5,8,10-11,14H,1,3-4,6-7,9H2,(H,15,16). The largest absolute Gasteiger partial charge is 0.481 e. The molecule has 0 spiro atoms. The second-order valence-corrected chi connectivity index (χ2v) is 4.68. The van der Waals surface area contributed by atoms with E-state index in [1.54, 1.807) is 6.26 Å². The van der Waals surface area contributed by atoms with E-state index < -0.39 is 5.97 Å². The molecule has 1 heterocycles. The van der Waals surface area contributed by atoms with Crippen LogP contribution in [0.1, 0.15) is 31.4 Å². The van der Waals surface area contributed by atoms with E-state index in [4.69, 9.17) is 9.52 Å². The minimum atomic E-state index is -0.650. The van der Waals surface area contributed by atoms with E-state index in [1.165, 1.54) is 0 Å². The van der Waals surface area contributed by atoms with Crippen LogP contribution in [0.4, 0.5) is 0 Å². The van der Waals surface area contributed by atoms with E-state index in [9.17, 15) is 4.79 Å². The maximum Gasteiger partial charge on any atom is 0.306 e. The Bertz CT molecular complexity index is 348. The van der Waals surface area contributed by atoms with Gasteiger partial charge in [-0.2, -0.15) is 0 Å². The molecule has 1 aliphatic carbocycles. The van der Waals surface area contributed by atoms with Crippen molar-refractivity contribution < 1.29 is 14.3 Å². The number of rotatable bonds is 5. The Morgan fingerprint density at radius 3 is 3.12 bits per heavy atom. The Labute approximate surface area is 101 Å². The maximum atomic E-state index is 10.9. The Morgan fingerprint density at radius 1 is 1.53 bits per heavy atom. The summed E-state index contributed by atoms with van der Waals surface area (Å²) in [5, 5.41) is 12.4. The Balaban J connectivity index is 1.70. The molecular formula is C13H19NO3. The second kappa shape index (κ2) is 5.87. The van der Waals surface area contributed by atoms with Crippen LogP contribution in [0, 0.1) is 5.92 Å². The highest BCUT2D eigenvalue weighted by atomic mass is 16.4. The number of aliphatic carboxylic acids is 1. The molecule has 4 heteroatoms. The minimum Gasteiger partial charge on any atom is -0.481 e. The topological polar surface area (TPSA) is 62.5 Å². The summed E-state index contributed by atoms with van der Waals surface area (Å²) < 4.78 is 5.25. The molecule has 2 rings (SSSR count). The molecule has 2 unspecified atom stereocenters. The van der Waals surface area contributed by atoms with Crippen molar-refractivity contribution in [2.75, 3.05) is 6.54 Å². The molecule has 17 heavy (non-hydrogen) atoms. The van der Waals surface area contributed by atoms with Crippen LogP contribution in [0.25, 0.3) is 0 Å². The zero-order valence-electron chi connectivity index (χ0n) is 9.89. The van der Waals surface area contributed by atoms with E-state index in [-0.39, 0.29) is 5.92 Å². The summed E-state index contributed by atoms with van der Waals surface area (Å²) in [6.07, 6.45) is 6.22. The molecule has 2 atom stereocenters. The van der Waals surface area contributed by atoms with Gasteiger partial charge in [0.05, 0.1) is 12.2 Å². The molecule has 1 aliphatic rings. The van der Waals surface area contributed by atoms with Crippen molar-refractivity contribution in [1.82, 2.24) is 5.32 Å². The van der Waals surface area contributed by atoms with Gasteiger partial charge in [-0.1, -0.05) is 6.42 Å². The fraction of sp³-hybridized carbons (Fsp3) is 0.615. The first kappa shape index (κ1) is 12.2. The van der Waals surface area contributed by atoms with Gasteiger partial charge in [0.2, 0.25) is 0 Å². The maximum absolute atomic E-state index is 10.9. The second-order valence-electron chi connectivity index (χ2n) is 4.68. The lowest BCUT2D eigenvalue weighted by atomic mass is 9.86. The summed E-state index contributed by atoms with van der Waals surface area (Å²) in [5.41, 5.74) is 0. The highest BCUT2D eigenvalue weighted by Gasteiger charge is 2.26. The molecule has 0 radical (unpaired) electrons. The van der Waals surface area contributed by atoms with Crippen LogP contribution in [0.5, 0.6) is 0 Å². The predicted octanol–water partition coefficient (Wildman–Crippen LogP) is 2.06. The highest BCUT2D eigenvalue weighted by molar-refractivity contribution is 5.70. The molecule has 0 aromatic carbocycles. The fourth-order valence-electron chi connectivity index (χ4n) is 2.45. The van der Waals surface area contributed by atoms with E-state index in [0.29, 0.717) is 6.04 Å². The van der Waals surface area contributed by atoms with Gasteiger partial charge in [-0.15, -0.1) is 0 Å². The SMILES string of the molecule is O=C(O)C1CCCC(NCCc2ccco2)C1. The summed E-state index contributed by atoms with van der Waals surface area (Å²) >= 11 is 0. The van der Waals surface area contributed by atoms with E-state index in [1.807, 2.05) is 12.1 Å². The summed E-state index contributed by atoms with van der Waals surface area (Å²) in [4.78, 5) is 10.9. The van der Waals surface area contributed by atoms with Gasteiger partial charge >= 0.3 is 5.97 Å². The summed E-state index contributed by atoms with van der Waals surface area (Å²) in [7, 11) is 0. The summed E-state index contributed by atoms with van der Waals surface area (Å²) in [5.74, 6) is 0.162. The summed E-state index contributed by atoms with van der Waals surface area (Å²) in [6, 6.07) is 4.19. The number of furan rings is 1.